The average Bonchev–Trinajstić information content (AvgIpc) is 2.91. The molecule has 0 saturated carbocycles. The summed E-state index contributed by atoms with van der Waals surface area (Å²) in [4.78, 5) is 14.2. The summed E-state index contributed by atoms with van der Waals surface area (Å²) in [7, 11) is -3.95. The molecule has 2 N–H and O–H groups in total. The highest BCUT2D eigenvalue weighted by atomic mass is 32.2. The van der Waals surface area contributed by atoms with Gasteiger partial charge in [-0.05, 0) is 18.2 Å². The maximum atomic E-state index is 13.2. The van der Waals surface area contributed by atoms with Gasteiger partial charge in [0, 0.05) is 13.0 Å². The molecule has 8 nitrogen and oxygen atoms in total. The summed E-state index contributed by atoms with van der Waals surface area (Å²) < 4.78 is 43.9. The van der Waals surface area contributed by atoms with E-state index in [1.807, 2.05) is 0 Å². The van der Waals surface area contributed by atoms with Gasteiger partial charge in [0.15, 0.2) is 5.82 Å². The van der Waals surface area contributed by atoms with Crippen LogP contribution in [-0.4, -0.2) is 36.2 Å². The lowest BCUT2D eigenvalue weighted by atomic mass is 10.2. The van der Waals surface area contributed by atoms with Gasteiger partial charge in [-0.2, -0.15) is 4.98 Å². The first kappa shape index (κ1) is 15.1. The Morgan fingerprint density at radius 2 is 2.19 bits per heavy atom. The topological polar surface area (TPSA) is 122 Å². The van der Waals surface area contributed by atoms with Crippen LogP contribution < -0.4 is 4.72 Å². The van der Waals surface area contributed by atoms with Gasteiger partial charge in [-0.3, -0.25) is 0 Å². The van der Waals surface area contributed by atoms with Crippen LogP contribution in [0.4, 0.5) is 4.39 Å². The average molecular weight is 315 g/mol. The Labute approximate surface area is 118 Å². The van der Waals surface area contributed by atoms with Gasteiger partial charge in [-0.25, -0.2) is 22.3 Å². The first-order valence-electron chi connectivity index (χ1n) is 5.68. The fraction of sp³-hybridized carbons (Fsp3) is 0.182. The summed E-state index contributed by atoms with van der Waals surface area (Å²) in [5, 5.41) is 12.3. The summed E-state index contributed by atoms with van der Waals surface area (Å²) in [6.07, 6.45) is 1.31. The van der Waals surface area contributed by atoms with E-state index >= 15 is 0 Å². The van der Waals surface area contributed by atoms with E-state index in [0.717, 1.165) is 24.6 Å². The van der Waals surface area contributed by atoms with Crippen LogP contribution in [0.25, 0.3) is 0 Å². The van der Waals surface area contributed by atoms with Gasteiger partial charge in [-0.1, -0.05) is 5.16 Å². The van der Waals surface area contributed by atoms with Gasteiger partial charge in [0.25, 0.3) is 0 Å². The smallest absolute Gasteiger partial charge is 0.338 e. The first-order valence-corrected chi connectivity index (χ1v) is 7.16. The molecule has 0 saturated heterocycles. The summed E-state index contributed by atoms with van der Waals surface area (Å²) in [5.74, 6) is -2.23. The van der Waals surface area contributed by atoms with Crippen molar-refractivity contribution in [3.8, 4) is 0 Å². The Hall–Kier alpha value is -2.33. The van der Waals surface area contributed by atoms with Crippen LogP contribution in [0.1, 0.15) is 16.2 Å². The quantitative estimate of drug-likeness (QED) is 0.792. The van der Waals surface area contributed by atoms with Gasteiger partial charge >= 0.3 is 5.97 Å². The molecule has 0 amide bonds. The highest BCUT2D eigenvalue weighted by Gasteiger charge is 2.18. The maximum Gasteiger partial charge on any atom is 0.338 e. The normalized spacial score (nSPS) is 11.5. The third kappa shape index (κ3) is 3.61. The number of carboxylic acid groups (broad SMARTS) is 1. The molecule has 1 aromatic carbocycles. The van der Waals surface area contributed by atoms with Crippen LogP contribution >= 0.6 is 0 Å². The number of nitrogens with one attached hydrogen (secondary N) is 1. The van der Waals surface area contributed by atoms with Crippen molar-refractivity contribution in [3.63, 3.8) is 0 Å². The van der Waals surface area contributed by atoms with Crippen molar-refractivity contribution in [2.45, 2.75) is 11.3 Å². The number of carbonyl (C=O) groups is 1. The minimum atomic E-state index is -3.95. The number of aromatic carboxylic acids is 1. The van der Waals surface area contributed by atoms with E-state index in [4.69, 9.17) is 5.11 Å². The summed E-state index contributed by atoms with van der Waals surface area (Å²) in [6, 6.07) is 2.53. The van der Waals surface area contributed by atoms with Crippen molar-refractivity contribution >= 4 is 16.0 Å². The monoisotopic (exact) mass is 315 g/mol. The van der Waals surface area contributed by atoms with Crippen molar-refractivity contribution in [2.75, 3.05) is 6.54 Å². The highest BCUT2D eigenvalue weighted by molar-refractivity contribution is 7.89. The van der Waals surface area contributed by atoms with E-state index in [2.05, 4.69) is 19.4 Å². The highest BCUT2D eigenvalue weighted by Crippen LogP contribution is 2.15. The van der Waals surface area contributed by atoms with E-state index < -0.39 is 27.4 Å². The third-order valence-electron chi connectivity index (χ3n) is 2.53. The molecule has 1 heterocycles. The Kier molecular flexibility index (Phi) is 4.29. The van der Waals surface area contributed by atoms with E-state index in [0.29, 0.717) is 5.82 Å². The molecule has 0 bridgehead atoms. The zero-order valence-corrected chi connectivity index (χ0v) is 11.3. The molecule has 0 aliphatic carbocycles. The molecule has 2 rings (SSSR count). The second kappa shape index (κ2) is 5.97. The van der Waals surface area contributed by atoms with E-state index in [9.17, 15) is 17.6 Å². The fourth-order valence-corrected chi connectivity index (χ4v) is 2.58. The zero-order valence-electron chi connectivity index (χ0n) is 10.5. The van der Waals surface area contributed by atoms with Crippen molar-refractivity contribution < 1.29 is 27.2 Å². The minimum Gasteiger partial charge on any atom is -0.478 e. The Morgan fingerprint density at radius 1 is 1.43 bits per heavy atom. The van der Waals surface area contributed by atoms with Gasteiger partial charge in [0.2, 0.25) is 16.4 Å². The molecule has 0 aliphatic heterocycles. The minimum absolute atomic E-state index is 0.0123. The van der Waals surface area contributed by atoms with Crippen LogP contribution in [0, 0.1) is 5.82 Å². The SMILES string of the molecule is O=C(O)c1cc(S(=O)(=O)NCCc2ncon2)ccc1F. The van der Waals surface area contributed by atoms with Crippen LogP contribution in [0.5, 0.6) is 0 Å². The molecule has 0 atom stereocenters. The Bertz CT molecular complexity index is 745. The molecule has 10 heteroatoms. The molecule has 0 unspecified atom stereocenters. The molecular weight excluding hydrogens is 305 g/mol. The summed E-state index contributed by atoms with van der Waals surface area (Å²) >= 11 is 0. The van der Waals surface area contributed by atoms with E-state index in [1.165, 1.54) is 0 Å². The van der Waals surface area contributed by atoms with Crippen LogP contribution in [0.2, 0.25) is 0 Å². The number of halogens is 1. The molecule has 0 aliphatic rings. The molecule has 0 fully saturated rings. The van der Waals surface area contributed by atoms with Gasteiger partial charge in [-0.15, -0.1) is 0 Å². The molecular formula is C11H10FN3O5S. The number of benzene rings is 1. The molecule has 21 heavy (non-hydrogen) atoms. The third-order valence-corrected chi connectivity index (χ3v) is 3.98. The molecule has 0 spiro atoms. The lowest BCUT2D eigenvalue weighted by Crippen LogP contribution is -2.26. The van der Waals surface area contributed by atoms with E-state index in [1.54, 1.807) is 0 Å². The predicted octanol–water partition coefficient (Wildman–Crippen LogP) is 0.428. The largest absolute Gasteiger partial charge is 0.478 e. The van der Waals surface area contributed by atoms with Crippen molar-refractivity contribution in [3.05, 3.63) is 41.8 Å². The number of sulfonamides is 1. The standard InChI is InChI=1S/C11H10FN3O5S/c12-9-2-1-7(5-8(9)11(16)17)21(18,19)14-4-3-10-13-6-20-15-10/h1-2,5-6,14H,3-4H2,(H,16,17). The zero-order chi connectivity index (χ0) is 15.5. The van der Waals surface area contributed by atoms with Crippen LogP contribution in [0.15, 0.2) is 34.0 Å². The Balaban J connectivity index is 2.12. The number of rotatable bonds is 6. The second-order valence-corrected chi connectivity index (χ2v) is 5.71. The number of hydrogen-bond donors (Lipinski definition) is 2. The van der Waals surface area contributed by atoms with Crippen molar-refractivity contribution in [2.24, 2.45) is 0 Å². The van der Waals surface area contributed by atoms with Gasteiger partial charge in [0.05, 0.1) is 10.5 Å². The maximum absolute atomic E-state index is 13.2. The fourth-order valence-electron chi connectivity index (χ4n) is 1.52. The Morgan fingerprint density at radius 3 is 2.81 bits per heavy atom. The van der Waals surface area contributed by atoms with Gasteiger partial charge in [0.1, 0.15) is 5.82 Å². The van der Waals surface area contributed by atoms with Crippen molar-refractivity contribution in [1.82, 2.24) is 14.9 Å². The lowest BCUT2D eigenvalue weighted by Gasteiger charge is -2.07. The summed E-state index contributed by atoms with van der Waals surface area (Å²) in [5.41, 5.74) is -0.712. The molecule has 0 radical (unpaired) electrons. The molecule has 2 aromatic rings. The number of carboxylic acids is 1. The molecule has 1 aromatic heterocycles. The van der Waals surface area contributed by atoms with Crippen molar-refractivity contribution in [1.29, 1.82) is 0 Å². The predicted molar refractivity (Wildman–Crippen MR) is 66.5 cm³/mol. The first-order chi connectivity index (χ1) is 9.90. The number of aromatic nitrogens is 2. The second-order valence-electron chi connectivity index (χ2n) is 3.94. The summed E-state index contributed by atoms with van der Waals surface area (Å²) in [6.45, 7) is -0.0123. The van der Waals surface area contributed by atoms with Crippen LogP contribution in [0.3, 0.4) is 0 Å². The van der Waals surface area contributed by atoms with Gasteiger partial charge < -0.3 is 9.63 Å². The number of hydrogen-bond acceptors (Lipinski definition) is 6. The van der Waals surface area contributed by atoms with E-state index in [-0.39, 0.29) is 17.9 Å². The molecule has 112 valence electrons. The van der Waals surface area contributed by atoms with Crippen LogP contribution in [-0.2, 0) is 16.4 Å². The number of nitrogens with zero attached hydrogens (tertiary/aromatic N) is 2. The lowest BCUT2D eigenvalue weighted by molar-refractivity contribution is 0.0691.